The van der Waals surface area contributed by atoms with Gasteiger partial charge in [-0.1, -0.05) is 23.4 Å². The van der Waals surface area contributed by atoms with Crippen LogP contribution >= 0.6 is 0 Å². The molecule has 2 aromatic carbocycles. The Morgan fingerprint density at radius 1 is 1.00 bits per heavy atom. The summed E-state index contributed by atoms with van der Waals surface area (Å²) in [4.78, 5) is 11.0. The molecule has 2 aromatic rings. The Kier molecular flexibility index (Phi) is 4.44. The lowest BCUT2D eigenvalue weighted by Gasteiger charge is -2.06. The molecule has 1 amide bonds. The minimum absolute atomic E-state index is 0.169. The number of hydrogen-bond acceptors (Lipinski definition) is 4. The van der Waals surface area contributed by atoms with Gasteiger partial charge in [0, 0.05) is 14.0 Å². The number of ether oxygens (including phenoxy) is 1. The second-order valence-electron chi connectivity index (χ2n) is 4.14. The highest BCUT2D eigenvalue weighted by molar-refractivity contribution is 5.72. The molecule has 0 spiro atoms. The van der Waals surface area contributed by atoms with E-state index in [1.807, 2.05) is 30.3 Å². The van der Waals surface area contributed by atoms with Crippen molar-refractivity contribution >= 4 is 11.6 Å². The van der Waals surface area contributed by atoms with E-state index in [1.54, 1.807) is 31.3 Å². The SMILES string of the molecule is CC(=O)N(C)N=Nc1ccc(Oc2ccccc2)cc1. The van der Waals surface area contributed by atoms with Crippen LogP contribution in [0.5, 0.6) is 11.5 Å². The molecule has 0 aliphatic carbocycles. The van der Waals surface area contributed by atoms with Gasteiger partial charge in [-0.3, -0.25) is 4.79 Å². The summed E-state index contributed by atoms with van der Waals surface area (Å²) >= 11 is 0. The Bertz CT molecular complexity index is 594. The van der Waals surface area contributed by atoms with Gasteiger partial charge >= 0.3 is 0 Å². The van der Waals surface area contributed by atoms with Crippen molar-refractivity contribution in [2.45, 2.75) is 6.92 Å². The second-order valence-corrected chi connectivity index (χ2v) is 4.14. The quantitative estimate of drug-likeness (QED) is 0.623. The molecule has 0 aliphatic rings. The van der Waals surface area contributed by atoms with Crippen molar-refractivity contribution < 1.29 is 9.53 Å². The van der Waals surface area contributed by atoms with Gasteiger partial charge in [-0.25, -0.2) is 5.01 Å². The molecule has 0 atom stereocenters. The van der Waals surface area contributed by atoms with Crippen LogP contribution in [0.25, 0.3) is 0 Å². The van der Waals surface area contributed by atoms with Gasteiger partial charge in [0.1, 0.15) is 11.5 Å². The smallest absolute Gasteiger partial charge is 0.240 e. The third-order valence-corrected chi connectivity index (χ3v) is 2.57. The van der Waals surface area contributed by atoms with Crippen LogP contribution in [-0.2, 0) is 4.79 Å². The summed E-state index contributed by atoms with van der Waals surface area (Å²) in [7, 11) is 1.55. The first-order chi connectivity index (χ1) is 9.65. The number of carbonyl (C=O) groups is 1. The zero-order valence-electron chi connectivity index (χ0n) is 11.4. The van der Waals surface area contributed by atoms with E-state index >= 15 is 0 Å². The van der Waals surface area contributed by atoms with Crippen molar-refractivity contribution in [1.29, 1.82) is 0 Å². The molecule has 0 bridgehead atoms. The molecule has 0 radical (unpaired) electrons. The zero-order chi connectivity index (χ0) is 14.4. The number of rotatable bonds is 4. The van der Waals surface area contributed by atoms with Gasteiger partial charge in [-0.15, -0.1) is 5.11 Å². The Labute approximate surface area is 117 Å². The van der Waals surface area contributed by atoms with Gasteiger partial charge < -0.3 is 4.74 Å². The van der Waals surface area contributed by atoms with Gasteiger partial charge in [-0.05, 0) is 36.4 Å². The van der Waals surface area contributed by atoms with Crippen LogP contribution in [0.3, 0.4) is 0 Å². The second kappa shape index (κ2) is 6.47. The molecular weight excluding hydrogens is 254 g/mol. The van der Waals surface area contributed by atoms with Crippen LogP contribution in [0.4, 0.5) is 5.69 Å². The fraction of sp³-hybridized carbons (Fsp3) is 0.133. The third kappa shape index (κ3) is 3.91. The summed E-state index contributed by atoms with van der Waals surface area (Å²) in [5.74, 6) is 1.33. The topological polar surface area (TPSA) is 54.3 Å². The number of para-hydroxylation sites is 1. The minimum Gasteiger partial charge on any atom is -0.457 e. The summed E-state index contributed by atoms with van der Waals surface area (Å²) in [6.45, 7) is 1.43. The van der Waals surface area contributed by atoms with E-state index in [9.17, 15) is 4.79 Å². The van der Waals surface area contributed by atoms with E-state index in [0.29, 0.717) is 5.69 Å². The number of nitrogens with zero attached hydrogens (tertiary/aromatic N) is 3. The fourth-order valence-corrected chi connectivity index (χ4v) is 1.39. The minimum atomic E-state index is -0.169. The maximum atomic E-state index is 11.0. The summed E-state index contributed by atoms with van der Waals surface area (Å²) in [6.07, 6.45) is 0. The van der Waals surface area contributed by atoms with Gasteiger partial charge in [0.25, 0.3) is 0 Å². The highest BCUT2D eigenvalue weighted by Gasteiger charge is 1.99. The van der Waals surface area contributed by atoms with Crippen molar-refractivity contribution in [3.05, 3.63) is 54.6 Å². The Hall–Kier alpha value is -2.69. The lowest BCUT2D eigenvalue weighted by Crippen LogP contribution is -2.15. The predicted octanol–water partition coefficient (Wildman–Crippen LogP) is 3.96. The average molecular weight is 269 g/mol. The molecule has 2 rings (SSSR count). The molecule has 102 valence electrons. The Balaban J connectivity index is 2.01. The van der Waals surface area contributed by atoms with Gasteiger partial charge in [0.2, 0.25) is 5.91 Å². The van der Waals surface area contributed by atoms with E-state index in [4.69, 9.17) is 4.74 Å². The van der Waals surface area contributed by atoms with Crippen LogP contribution < -0.4 is 4.74 Å². The molecule has 5 nitrogen and oxygen atoms in total. The van der Waals surface area contributed by atoms with Crippen molar-refractivity contribution in [2.75, 3.05) is 7.05 Å². The average Bonchev–Trinajstić information content (AvgIpc) is 2.47. The summed E-state index contributed by atoms with van der Waals surface area (Å²) in [5.41, 5.74) is 0.651. The predicted molar refractivity (Wildman–Crippen MR) is 75.9 cm³/mol. The van der Waals surface area contributed by atoms with Crippen molar-refractivity contribution in [3.8, 4) is 11.5 Å². The molecular formula is C15H15N3O2. The lowest BCUT2D eigenvalue weighted by atomic mass is 10.3. The van der Waals surface area contributed by atoms with Crippen LogP contribution in [-0.4, -0.2) is 18.0 Å². The van der Waals surface area contributed by atoms with E-state index in [2.05, 4.69) is 10.3 Å². The third-order valence-electron chi connectivity index (χ3n) is 2.57. The molecule has 5 heteroatoms. The normalized spacial score (nSPS) is 10.5. The first-order valence-electron chi connectivity index (χ1n) is 6.14. The van der Waals surface area contributed by atoms with Crippen molar-refractivity contribution in [3.63, 3.8) is 0 Å². The van der Waals surface area contributed by atoms with Crippen LogP contribution in [0.2, 0.25) is 0 Å². The molecule has 0 aromatic heterocycles. The lowest BCUT2D eigenvalue weighted by molar-refractivity contribution is -0.127. The number of hydrogen-bond donors (Lipinski definition) is 0. The number of benzene rings is 2. The number of carbonyl (C=O) groups excluding carboxylic acids is 1. The molecule has 0 aliphatic heterocycles. The molecule has 0 unspecified atom stereocenters. The standard InChI is InChI=1S/C15H15N3O2/c1-12(19)18(2)17-16-13-8-10-15(11-9-13)20-14-6-4-3-5-7-14/h3-11H,1-2H3. The summed E-state index contributed by atoms with van der Waals surface area (Å²) in [5, 5.41) is 8.90. The van der Waals surface area contributed by atoms with E-state index in [-0.39, 0.29) is 5.91 Å². The van der Waals surface area contributed by atoms with Crippen molar-refractivity contribution in [1.82, 2.24) is 5.01 Å². The molecule has 0 N–H and O–H groups in total. The number of amides is 1. The fourth-order valence-electron chi connectivity index (χ4n) is 1.39. The monoisotopic (exact) mass is 269 g/mol. The van der Waals surface area contributed by atoms with Crippen molar-refractivity contribution in [2.24, 2.45) is 10.3 Å². The van der Waals surface area contributed by atoms with Crippen LogP contribution in [0.15, 0.2) is 64.9 Å². The summed E-state index contributed by atoms with van der Waals surface area (Å²) in [6, 6.07) is 16.7. The van der Waals surface area contributed by atoms with Gasteiger partial charge in [0.15, 0.2) is 0 Å². The first-order valence-corrected chi connectivity index (χ1v) is 6.14. The highest BCUT2D eigenvalue weighted by Crippen LogP contribution is 2.23. The molecule has 0 fully saturated rings. The van der Waals surface area contributed by atoms with Gasteiger partial charge in [0.05, 0.1) is 5.69 Å². The molecule has 0 heterocycles. The molecule has 0 saturated heterocycles. The molecule has 20 heavy (non-hydrogen) atoms. The Morgan fingerprint density at radius 2 is 1.60 bits per heavy atom. The first kappa shape index (κ1) is 13.7. The van der Waals surface area contributed by atoms with E-state index in [0.717, 1.165) is 11.5 Å². The highest BCUT2D eigenvalue weighted by atomic mass is 16.5. The van der Waals surface area contributed by atoms with E-state index < -0.39 is 0 Å². The molecule has 0 saturated carbocycles. The summed E-state index contributed by atoms with van der Waals surface area (Å²) < 4.78 is 5.66. The van der Waals surface area contributed by atoms with Gasteiger partial charge in [-0.2, -0.15) is 0 Å². The zero-order valence-corrected chi connectivity index (χ0v) is 11.4. The largest absolute Gasteiger partial charge is 0.457 e. The Morgan fingerprint density at radius 3 is 2.20 bits per heavy atom. The maximum absolute atomic E-state index is 11.0. The maximum Gasteiger partial charge on any atom is 0.240 e. The van der Waals surface area contributed by atoms with Crippen LogP contribution in [0, 0.1) is 0 Å². The van der Waals surface area contributed by atoms with E-state index in [1.165, 1.54) is 11.9 Å². The van der Waals surface area contributed by atoms with Crippen LogP contribution in [0.1, 0.15) is 6.92 Å².